The van der Waals surface area contributed by atoms with Gasteiger partial charge in [0.1, 0.15) is 0 Å². The van der Waals surface area contributed by atoms with Gasteiger partial charge in [-0.15, -0.1) is 0 Å². The molecule has 0 saturated carbocycles. The van der Waals surface area contributed by atoms with E-state index in [1.54, 1.807) is 0 Å². The Kier molecular flexibility index (Phi) is 4.97. The van der Waals surface area contributed by atoms with Crippen molar-refractivity contribution in [2.75, 3.05) is 26.7 Å². The van der Waals surface area contributed by atoms with E-state index in [0.29, 0.717) is 10.9 Å². The van der Waals surface area contributed by atoms with E-state index in [9.17, 15) is 4.79 Å². The molecule has 3 rings (SSSR count). The second kappa shape index (κ2) is 6.99. The lowest BCUT2D eigenvalue weighted by Crippen LogP contribution is -2.30. The van der Waals surface area contributed by atoms with E-state index < -0.39 is 0 Å². The van der Waals surface area contributed by atoms with E-state index in [2.05, 4.69) is 9.88 Å². The van der Waals surface area contributed by atoms with Crippen molar-refractivity contribution in [3.63, 3.8) is 0 Å². The average molecular weight is 346 g/mol. The standard InChI is InChI=1S/C19H24ClN3O/c1-13-10-18(19(24)22-9-8-15(12-22)11-21-3)14(2)23(13)17-6-4-16(20)5-7-17/h4-7,10,15,21H,8-9,11-12H2,1-3H3. The fourth-order valence-corrected chi connectivity index (χ4v) is 3.74. The average Bonchev–Trinajstić information content (AvgIpc) is 3.13. The number of hydrogen-bond donors (Lipinski definition) is 1. The quantitative estimate of drug-likeness (QED) is 0.921. The molecule has 24 heavy (non-hydrogen) atoms. The summed E-state index contributed by atoms with van der Waals surface area (Å²) >= 11 is 5.98. The maximum absolute atomic E-state index is 12.9. The Bertz CT molecular complexity index is 736. The molecule has 4 nitrogen and oxygen atoms in total. The van der Waals surface area contributed by atoms with Crippen molar-refractivity contribution in [3.05, 3.63) is 52.3 Å². The van der Waals surface area contributed by atoms with Crippen LogP contribution in [0.4, 0.5) is 0 Å². The van der Waals surface area contributed by atoms with Crippen LogP contribution < -0.4 is 5.32 Å². The lowest BCUT2D eigenvalue weighted by molar-refractivity contribution is 0.0786. The summed E-state index contributed by atoms with van der Waals surface area (Å²) < 4.78 is 2.12. The Morgan fingerprint density at radius 1 is 1.29 bits per heavy atom. The molecule has 1 aliphatic heterocycles. The molecule has 1 aliphatic rings. The van der Waals surface area contributed by atoms with Gasteiger partial charge in [-0.2, -0.15) is 0 Å². The fourth-order valence-electron chi connectivity index (χ4n) is 3.61. The van der Waals surface area contributed by atoms with Crippen molar-refractivity contribution in [1.29, 1.82) is 0 Å². The highest BCUT2D eigenvalue weighted by molar-refractivity contribution is 6.30. The number of nitrogens with zero attached hydrogens (tertiary/aromatic N) is 2. The van der Waals surface area contributed by atoms with E-state index in [1.165, 1.54) is 0 Å². The Balaban J connectivity index is 1.86. The number of aryl methyl sites for hydroxylation is 1. The van der Waals surface area contributed by atoms with Crippen LogP contribution in [0.15, 0.2) is 30.3 Å². The van der Waals surface area contributed by atoms with Crippen molar-refractivity contribution >= 4 is 17.5 Å². The molecule has 128 valence electrons. The van der Waals surface area contributed by atoms with Crippen LogP contribution in [0.1, 0.15) is 28.2 Å². The minimum atomic E-state index is 0.141. The molecule has 0 bridgehead atoms. The van der Waals surface area contributed by atoms with Crippen LogP contribution in [0.5, 0.6) is 0 Å². The first-order valence-corrected chi connectivity index (χ1v) is 8.77. The SMILES string of the molecule is CNCC1CCN(C(=O)c2cc(C)n(-c3ccc(Cl)cc3)c2C)C1. The number of carbonyl (C=O) groups is 1. The molecule has 1 amide bonds. The summed E-state index contributed by atoms with van der Waals surface area (Å²) in [7, 11) is 1.96. The molecule has 1 aromatic carbocycles. The molecule has 1 atom stereocenters. The van der Waals surface area contributed by atoms with E-state index in [0.717, 1.165) is 48.7 Å². The first kappa shape index (κ1) is 17.1. The summed E-state index contributed by atoms with van der Waals surface area (Å²) in [5.41, 5.74) is 3.87. The lowest BCUT2D eigenvalue weighted by atomic mass is 10.1. The highest BCUT2D eigenvalue weighted by atomic mass is 35.5. The van der Waals surface area contributed by atoms with Crippen molar-refractivity contribution in [2.24, 2.45) is 5.92 Å². The molecular formula is C19H24ClN3O. The van der Waals surface area contributed by atoms with Gasteiger partial charge in [-0.25, -0.2) is 0 Å². The van der Waals surface area contributed by atoms with Gasteiger partial charge in [-0.1, -0.05) is 11.6 Å². The third-order valence-corrected chi connectivity index (χ3v) is 5.06. The van der Waals surface area contributed by atoms with Crippen LogP contribution >= 0.6 is 11.6 Å². The predicted octanol–water partition coefficient (Wildman–Crippen LogP) is 3.43. The molecule has 2 heterocycles. The van der Waals surface area contributed by atoms with E-state index in [4.69, 9.17) is 11.6 Å². The summed E-state index contributed by atoms with van der Waals surface area (Å²) in [6, 6.07) is 9.71. The van der Waals surface area contributed by atoms with Crippen LogP contribution in [-0.4, -0.2) is 42.1 Å². The van der Waals surface area contributed by atoms with Crippen molar-refractivity contribution < 1.29 is 4.79 Å². The van der Waals surface area contributed by atoms with Crippen LogP contribution in [0.25, 0.3) is 5.69 Å². The summed E-state index contributed by atoms with van der Waals surface area (Å²) in [4.78, 5) is 14.9. The zero-order chi connectivity index (χ0) is 17.3. The van der Waals surface area contributed by atoms with Crippen LogP contribution in [0.2, 0.25) is 5.02 Å². The second-order valence-corrected chi connectivity index (χ2v) is 7.00. The van der Waals surface area contributed by atoms with Crippen LogP contribution in [0.3, 0.4) is 0 Å². The van der Waals surface area contributed by atoms with E-state index in [-0.39, 0.29) is 5.91 Å². The number of nitrogens with one attached hydrogen (secondary N) is 1. The fraction of sp³-hybridized carbons (Fsp3) is 0.421. The Hall–Kier alpha value is -1.78. The third-order valence-electron chi connectivity index (χ3n) is 4.81. The monoisotopic (exact) mass is 345 g/mol. The predicted molar refractivity (Wildman–Crippen MR) is 98.2 cm³/mol. The van der Waals surface area contributed by atoms with Crippen LogP contribution in [0, 0.1) is 19.8 Å². The molecule has 1 unspecified atom stereocenters. The van der Waals surface area contributed by atoms with Crippen molar-refractivity contribution in [2.45, 2.75) is 20.3 Å². The smallest absolute Gasteiger partial charge is 0.255 e. The van der Waals surface area contributed by atoms with Gasteiger partial charge in [-0.3, -0.25) is 4.79 Å². The maximum Gasteiger partial charge on any atom is 0.255 e. The Labute approximate surface area is 148 Å². The van der Waals surface area contributed by atoms with Gasteiger partial charge < -0.3 is 14.8 Å². The number of likely N-dealkylation sites (tertiary alicyclic amines) is 1. The second-order valence-electron chi connectivity index (χ2n) is 6.56. The van der Waals surface area contributed by atoms with Crippen molar-refractivity contribution in [1.82, 2.24) is 14.8 Å². The maximum atomic E-state index is 12.9. The highest BCUT2D eigenvalue weighted by Crippen LogP contribution is 2.25. The normalized spacial score (nSPS) is 17.5. The number of amides is 1. The number of carbonyl (C=O) groups excluding carboxylic acids is 1. The largest absolute Gasteiger partial charge is 0.338 e. The highest BCUT2D eigenvalue weighted by Gasteiger charge is 2.28. The minimum Gasteiger partial charge on any atom is -0.338 e. The van der Waals surface area contributed by atoms with Gasteiger partial charge in [0, 0.05) is 35.2 Å². The van der Waals surface area contributed by atoms with Gasteiger partial charge in [0.2, 0.25) is 0 Å². The van der Waals surface area contributed by atoms with Gasteiger partial charge in [0.25, 0.3) is 5.91 Å². The molecule has 0 radical (unpaired) electrons. The third kappa shape index (κ3) is 3.21. The van der Waals surface area contributed by atoms with E-state index in [1.807, 2.05) is 56.1 Å². The number of hydrogen-bond acceptors (Lipinski definition) is 2. The number of halogens is 1. The van der Waals surface area contributed by atoms with E-state index >= 15 is 0 Å². The number of benzene rings is 1. The molecular weight excluding hydrogens is 322 g/mol. The molecule has 1 aromatic heterocycles. The van der Waals surface area contributed by atoms with Gasteiger partial charge in [0.05, 0.1) is 5.56 Å². The molecule has 0 aliphatic carbocycles. The lowest BCUT2D eigenvalue weighted by Gasteiger charge is -2.17. The molecule has 5 heteroatoms. The first-order valence-electron chi connectivity index (χ1n) is 8.40. The van der Waals surface area contributed by atoms with Gasteiger partial charge in [-0.05, 0) is 70.1 Å². The number of rotatable bonds is 4. The first-order chi connectivity index (χ1) is 11.5. The van der Waals surface area contributed by atoms with Crippen LogP contribution in [-0.2, 0) is 0 Å². The topological polar surface area (TPSA) is 37.3 Å². The number of aromatic nitrogens is 1. The minimum absolute atomic E-state index is 0.141. The molecule has 2 aromatic rings. The summed E-state index contributed by atoms with van der Waals surface area (Å²) in [6.45, 7) is 6.69. The Morgan fingerprint density at radius 3 is 2.67 bits per heavy atom. The van der Waals surface area contributed by atoms with Gasteiger partial charge >= 0.3 is 0 Å². The summed E-state index contributed by atoms with van der Waals surface area (Å²) in [5.74, 6) is 0.695. The Morgan fingerprint density at radius 2 is 2.00 bits per heavy atom. The molecule has 1 fully saturated rings. The zero-order valence-electron chi connectivity index (χ0n) is 14.5. The summed E-state index contributed by atoms with van der Waals surface area (Å²) in [5, 5.41) is 3.92. The molecule has 1 N–H and O–H groups in total. The van der Waals surface area contributed by atoms with Crippen molar-refractivity contribution in [3.8, 4) is 5.69 Å². The summed E-state index contributed by atoms with van der Waals surface area (Å²) in [6.07, 6.45) is 1.07. The molecule has 1 saturated heterocycles. The molecule has 0 spiro atoms. The zero-order valence-corrected chi connectivity index (χ0v) is 15.2. The van der Waals surface area contributed by atoms with Gasteiger partial charge in [0.15, 0.2) is 0 Å².